The average Bonchev–Trinajstić information content (AvgIpc) is 3.83. The quantitative estimate of drug-likeness (QED) is 0.157. The first kappa shape index (κ1) is 40.4. The van der Waals surface area contributed by atoms with Gasteiger partial charge in [0.2, 0.25) is 23.5 Å². The largest absolute Gasteiger partial charge is 0.346 e. The van der Waals surface area contributed by atoms with Crippen molar-refractivity contribution < 1.29 is 28.8 Å². The highest BCUT2D eigenvalue weighted by molar-refractivity contribution is 6.38. The van der Waals surface area contributed by atoms with E-state index in [1.807, 2.05) is 47.6 Å². The van der Waals surface area contributed by atoms with Gasteiger partial charge in [0.25, 0.3) is 11.8 Å². The maximum absolute atomic E-state index is 14.7. The van der Waals surface area contributed by atoms with Crippen molar-refractivity contribution >= 4 is 35.3 Å². The topological polar surface area (TPSA) is 167 Å². The highest BCUT2D eigenvalue weighted by Gasteiger charge is 2.48. The summed E-state index contributed by atoms with van der Waals surface area (Å²) < 4.78 is 0. The minimum absolute atomic E-state index is 0.121. The highest BCUT2D eigenvalue weighted by atomic mass is 16.2. The van der Waals surface area contributed by atoms with Gasteiger partial charge in [-0.2, -0.15) is 0 Å². The smallest absolute Gasteiger partial charge is 0.289 e. The molecule has 1 unspecified atom stereocenters. The summed E-state index contributed by atoms with van der Waals surface area (Å²) in [5, 5.41) is 11.4. The summed E-state index contributed by atoms with van der Waals surface area (Å²) in [5.74, 6) is -3.43. The number of nitrogens with one attached hydrogen (secondary N) is 4. The standard InChI is InChI=1S/C40H58N6O6/c1-8-19-42-36(50)31(47)29(24-26-12-13-26)43-35(49)30-28(23-25(2)3)16-22-46(30)38(52)33(39(4,5)6)45-37(51)32(40(7)17-10-9-11-18-40)44-34(48)27-14-20-41-21-15-27/h8,14-15,20-21,23,26,28-30,32-33H,1,9-13,16-19,22,24H2,2-7H3,(H,42,50)(H,43,49)(H,44,48)(H,45,51)/t28-,29?,30+,32-,33-/m1/s1. The van der Waals surface area contributed by atoms with Crippen LogP contribution in [0.3, 0.4) is 0 Å². The maximum atomic E-state index is 14.7. The fourth-order valence-electron chi connectivity index (χ4n) is 7.55. The van der Waals surface area contributed by atoms with Gasteiger partial charge in [0, 0.05) is 37.0 Å². The van der Waals surface area contributed by atoms with Gasteiger partial charge in [-0.3, -0.25) is 33.8 Å². The molecule has 0 radical (unpaired) electrons. The van der Waals surface area contributed by atoms with Gasteiger partial charge >= 0.3 is 0 Å². The Morgan fingerprint density at radius 2 is 1.63 bits per heavy atom. The van der Waals surface area contributed by atoms with Crippen LogP contribution in [-0.2, 0) is 24.0 Å². The maximum Gasteiger partial charge on any atom is 0.289 e. The fourth-order valence-corrected chi connectivity index (χ4v) is 7.55. The fraction of sp³-hybridized carbons (Fsp3) is 0.625. The molecule has 4 N–H and O–H groups in total. The van der Waals surface area contributed by atoms with E-state index in [-0.39, 0.29) is 24.9 Å². The van der Waals surface area contributed by atoms with Crippen molar-refractivity contribution in [2.24, 2.45) is 22.7 Å². The van der Waals surface area contributed by atoms with E-state index in [9.17, 15) is 28.8 Å². The van der Waals surface area contributed by atoms with Gasteiger partial charge in [-0.1, -0.05) is 77.5 Å². The van der Waals surface area contributed by atoms with E-state index in [0.717, 1.165) is 50.5 Å². The van der Waals surface area contributed by atoms with Gasteiger partial charge < -0.3 is 26.2 Å². The molecule has 2 heterocycles. The van der Waals surface area contributed by atoms with Crippen LogP contribution in [0.2, 0.25) is 0 Å². The zero-order valence-electron chi connectivity index (χ0n) is 31.8. The summed E-state index contributed by atoms with van der Waals surface area (Å²) in [7, 11) is 0. The van der Waals surface area contributed by atoms with Crippen LogP contribution in [0.4, 0.5) is 0 Å². The third-order valence-corrected chi connectivity index (χ3v) is 10.6. The Labute approximate surface area is 308 Å². The number of carbonyl (C=O) groups excluding carboxylic acids is 6. The summed E-state index contributed by atoms with van der Waals surface area (Å²) in [4.78, 5) is 88.2. The normalized spacial score (nSPS) is 21.5. The van der Waals surface area contributed by atoms with Gasteiger partial charge in [0.15, 0.2) is 0 Å². The Kier molecular flexibility index (Phi) is 13.6. The molecule has 284 valence electrons. The van der Waals surface area contributed by atoms with Crippen LogP contribution < -0.4 is 21.3 Å². The summed E-state index contributed by atoms with van der Waals surface area (Å²) in [6.45, 7) is 15.4. The molecule has 1 aliphatic heterocycles. The van der Waals surface area contributed by atoms with E-state index in [1.165, 1.54) is 23.4 Å². The molecule has 12 nitrogen and oxygen atoms in total. The van der Waals surface area contributed by atoms with Crippen molar-refractivity contribution in [3.63, 3.8) is 0 Å². The second-order valence-corrected chi connectivity index (χ2v) is 16.4. The van der Waals surface area contributed by atoms with Crippen molar-refractivity contribution in [1.29, 1.82) is 0 Å². The predicted molar refractivity (Wildman–Crippen MR) is 199 cm³/mol. The molecule has 5 atom stereocenters. The van der Waals surface area contributed by atoms with Crippen molar-refractivity contribution in [1.82, 2.24) is 31.2 Å². The van der Waals surface area contributed by atoms with E-state index < -0.39 is 70.3 Å². The first-order valence-electron chi connectivity index (χ1n) is 18.8. The lowest BCUT2D eigenvalue weighted by Crippen LogP contribution is -2.63. The van der Waals surface area contributed by atoms with E-state index in [0.29, 0.717) is 18.4 Å². The molecule has 1 saturated heterocycles. The summed E-state index contributed by atoms with van der Waals surface area (Å²) in [5.41, 5.74) is 0.0371. The number of pyridine rings is 1. The van der Waals surface area contributed by atoms with Crippen LogP contribution in [0.15, 0.2) is 48.8 Å². The lowest BCUT2D eigenvalue weighted by molar-refractivity contribution is -0.146. The van der Waals surface area contributed by atoms with Crippen LogP contribution >= 0.6 is 0 Å². The molecule has 1 aromatic rings. The number of ketones is 1. The van der Waals surface area contributed by atoms with Crippen molar-refractivity contribution in [2.75, 3.05) is 13.1 Å². The van der Waals surface area contributed by atoms with Gasteiger partial charge in [-0.15, -0.1) is 6.58 Å². The summed E-state index contributed by atoms with van der Waals surface area (Å²) >= 11 is 0. The molecule has 4 rings (SSSR count). The summed E-state index contributed by atoms with van der Waals surface area (Å²) in [6.07, 6.45) is 13.5. The van der Waals surface area contributed by atoms with Crippen LogP contribution in [-0.4, -0.2) is 82.5 Å². The molecule has 3 fully saturated rings. The molecule has 0 spiro atoms. The number of aromatic nitrogens is 1. The summed E-state index contributed by atoms with van der Waals surface area (Å²) in [6, 6.07) is -0.771. The number of hydrogen-bond donors (Lipinski definition) is 4. The van der Waals surface area contributed by atoms with Crippen LogP contribution in [0.5, 0.6) is 0 Å². The number of carbonyl (C=O) groups is 6. The molecule has 2 saturated carbocycles. The molecule has 52 heavy (non-hydrogen) atoms. The van der Waals surface area contributed by atoms with Crippen molar-refractivity contribution in [3.05, 3.63) is 54.4 Å². The number of nitrogens with zero attached hydrogens (tertiary/aromatic N) is 2. The molecular formula is C40H58N6O6. The Hall–Kier alpha value is -4.35. The van der Waals surface area contributed by atoms with Crippen LogP contribution in [0.25, 0.3) is 0 Å². The molecule has 12 heteroatoms. The minimum Gasteiger partial charge on any atom is -0.346 e. The van der Waals surface area contributed by atoms with E-state index in [4.69, 9.17) is 0 Å². The van der Waals surface area contributed by atoms with E-state index >= 15 is 0 Å². The predicted octanol–water partition coefficient (Wildman–Crippen LogP) is 4.02. The van der Waals surface area contributed by atoms with Gasteiger partial charge in [0.1, 0.15) is 18.1 Å². The van der Waals surface area contributed by atoms with Crippen molar-refractivity contribution in [3.8, 4) is 0 Å². The third kappa shape index (κ3) is 10.4. The number of rotatable bonds is 15. The number of Topliss-reactive ketones (excluding diaryl/α,β-unsaturated/α-hetero) is 1. The number of likely N-dealkylation sites (tertiary alicyclic amines) is 1. The molecule has 2 aliphatic carbocycles. The minimum atomic E-state index is -1.04. The van der Waals surface area contributed by atoms with Crippen molar-refractivity contribution in [2.45, 2.75) is 123 Å². The Balaban J connectivity index is 1.62. The molecule has 5 amide bonds. The van der Waals surface area contributed by atoms with Gasteiger partial charge in [-0.05, 0) is 68.4 Å². The SMILES string of the molecule is C=CCNC(=O)C(=O)C(CC1CC1)NC(=O)[C@@H]1[C@@H](C=C(C)C)CCN1C(=O)[C@@H](NC(=O)[C@@H](NC(=O)c1ccncc1)C1(C)CCCCC1)C(C)(C)C. The zero-order chi connectivity index (χ0) is 38.2. The van der Waals surface area contributed by atoms with Gasteiger partial charge in [-0.25, -0.2) is 0 Å². The number of amides is 5. The number of allylic oxidation sites excluding steroid dienone is 1. The highest BCUT2D eigenvalue weighted by Crippen LogP contribution is 2.40. The molecule has 0 aromatic carbocycles. The second kappa shape index (κ2) is 17.4. The molecule has 3 aliphatic rings. The Morgan fingerprint density at radius 1 is 0.981 bits per heavy atom. The number of hydrogen-bond acceptors (Lipinski definition) is 7. The average molecular weight is 719 g/mol. The van der Waals surface area contributed by atoms with Crippen LogP contribution in [0, 0.1) is 22.7 Å². The Morgan fingerprint density at radius 3 is 2.21 bits per heavy atom. The van der Waals surface area contributed by atoms with E-state index in [2.05, 4.69) is 32.8 Å². The third-order valence-electron chi connectivity index (χ3n) is 10.6. The second-order valence-electron chi connectivity index (χ2n) is 16.4. The Bertz CT molecular complexity index is 1520. The van der Waals surface area contributed by atoms with Gasteiger partial charge in [0.05, 0.1) is 6.04 Å². The zero-order valence-corrected chi connectivity index (χ0v) is 31.8. The first-order valence-corrected chi connectivity index (χ1v) is 18.8. The molecule has 1 aromatic heterocycles. The molecule has 0 bridgehead atoms. The molecular weight excluding hydrogens is 660 g/mol. The first-order chi connectivity index (χ1) is 24.6. The van der Waals surface area contributed by atoms with E-state index in [1.54, 1.807) is 12.1 Å². The lowest BCUT2D eigenvalue weighted by Gasteiger charge is -2.42. The van der Waals surface area contributed by atoms with Crippen LogP contribution in [0.1, 0.15) is 110 Å². The lowest BCUT2D eigenvalue weighted by atomic mass is 9.70. The monoisotopic (exact) mass is 718 g/mol.